The zero-order valence-electron chi connectivity index (χ0n) is 12.6. The normalized spacial score (nSPS) is 15.0. The quantitative estimate of drug-likeness (QED) is 0.473. The molecule has 0 unspecified atom stereocenters. The summed E-state index contributed by atoms with van der Waals surface area (Å²) in [5, 5.41) is 3.97. The number of carbonyl (C=O) groups is 2. The fourth-order valence-electron chi connectivity index (χ4n) is 2.39. The van der Waals surface area contributed by atoms with E-state index in [1.54, 1.807) is 18.2 Å². The van der Waals surface area contributed by atoms with Gasteiger partial charge in [0.15, 0.2) is 5.92 Å². The highest BCUT2D eigenvalue weighted by Gasteiger charge is 2.35. The Labute approximate surface area is 127 Å². The van der Waals surface area contributed by atoms with E-state index in [1.807, 2.05) is 0 Å². The SMILES string of the molecule is CO/N=C1\CCOc2cccc(C(C(=O)OC)C(=O)OC)c21. The van der Waals surface area contributed by atoms with E-state index in [9.17, 15) is 9.59 Å². The lowest BCUT2D eigenvalue weighted by Crippen LogP contribution is -2.28. The molecule has 1 aromatic rings. The zero-order valence-corrected chi connectivity index (χ0v) is 12.6. The van der Waals surface area contributed by atoms with Gasteiger partial charge in [0.25, 0.3) is 0 Å². The Hall–Kier alpha value is -2.57. The molecule has 1 aliphatic heterocycles. The van der Waals surface area contributed by atoms with E-state index in [1.165, 1.54) is 21.3 Å². The molecule has 0 saturated heterocycles. The molecule has 0 spiro atoms. The molecule has 0 atom stereocenters. The van der Waals surface area contributed by atoms with Crippen LogP contribution in [0, 0.1) is 0 Å². The molecule has 1 aliphatic rings. The fourth-order valence-corrected chi connectivity index (χ4v) is 2.39. The van der Waals surface area contributed by atoms with Gasteiger partial charge in [-0.1, -0.05) is 17.3 Å². The first-order valence-corrected chi connectivity index (χ1v) is 6.65. The molecular weight excluding hydrogens is 290 g/mol. The Kier molecular flexibility index (Phi) is 4.98. The molecule has 7 nitrogen and oxygen atoms in total. The summed E-state index contributed by atoms with van der Waals surface area (Å²) in [5.41, 5.74) is 1.60. The van der Waals surface area contributed by atoms with Crippen LogP contribution in [0.5, 0.6) is 5.75 Å². The lowest BCUT2D eigenvalue weighted by Gasteiger charge is -2.23. The third-order valence-corrected chi connectivity index (χ3v) is 3.33. The summed E-state index contributed by atoms with van der Waals surface area (Å²) >= 11 is 0. The number of carbonyl (C=O) groups excluding carboxylic acids is 2. The third-order valence-electron chi connectivity index (χ3n) is 3.33. The molecule has 0 saturated carbocycles. The largest absolute Gasteiger partial charge is 0.492 e. The van der Waals surface area contributed by atoms with Gasteiger partial charge < -0.3 is 19.0 Å². The van der Waals surface area contributed by atoms with Crippen molar-refractivity contribution in [1.82, 2.24) is 0 Å². The molecule has 0 amide bonds. The number of methoxy groups -OCH3 is 2. The Bertz CT molecular complexity index is 594. The summed E-state index contributed by atoms with van der Waals surface area (Å²) in [4.78, 5) is 28.9. The third kappa shape index (κ3) is 2.88. The summed E-state index contributed by atoms with van der Waals surface area (Å²) in [7, 11) is 3.87. The average Bonchev–Trinajstić information content (AvgIpc) is 2.55. The average molecular weight is 307 g/mol. The number of fused-ring (bicyclic) bond motifs is 1. The van der Waals surface area contributed by atoms with Gasteiger partial charge >= 0.3 is 11.9 Å². The molecule has 7 heteroatoms. The molecule has 1 aromatic carbocycles. The number of nitrogens with zero attached hydrogens (tertiary/aromatic N) is 1. The smallest absolute Gasteiger partial charge is 0.324 e. The van der Waals surface area contributed by atoms with E-state index in [2.05, 4.69) is 5.16 Å². The van der Waals surface area contributed by atoms with E-state index in [0.29, 0.717) is 35.6 Å². The molecule has 0 radical (unpaired) electrons. The first kappa shape index (κ1) is 15.8. The minimum Gasteiger partial charge on any atom is -0.492 e. The number of esters is 2. The van der Waals surface area contributed by atoms with Crippen molar-refractivity contribution in [3.8, 4) is 5.75 Å². The van der Waals surface area contributed by atoms with Gasteiger partial charge in [0.2, 0.25) is 0 Å². The minimum atomic E-state index is -1.20. The number of hydrogen-bond donors (Lipinski definition) is 0. The van der Waals surface area contributed by atoms with Crippen LogP contribution in [0.1, 0.15) is 23.5 Å². The van der Waals surface area contributed by atoms with Gasteiger partial charge in [-0.25, -0.2) is 0 Å². The lowest BCUT2D eigenvalue weighted by atomic mass is 9.89. The highest BCUT2D eigenvalue weighted by molar-refractivity contribution is 6.09. The van der Waals surface area contributed by atoms with Gasteiger partial charge in [0.05, 0.1) is 26.5 Å². The first-order valence-electron chi connectivity index (χ1n) is 6.65. The molecule has 22 heavy (non-hydrogen) atoms. The molecule has 118 valence electrons. The van der Waals surface area contributed by atoms with E-state index in [0.717, 1.165) is 0 Å². The molecule has 0 aromatic heterocycles. The zero-order chi connectivity index (χ0) is 16.1. The Morgan fingerprint density at radius 2 is 1.86 bits per heavy atom. The maximum Gasteiger partial charge on any atom is 0.324 e. The predicted molar refractivity (Wildman–Crippen MR) is 76.9 cm³/mol. The minimum absolute atomic E-state index is 0.423. The fraction of sp³-hybridized carbons (Fsp3) is 0.400. The molecular formula is C15H17NO6. The van der Waals surface area contributed by atoms with Crippen molar-refractivity contribution in [1.29, 1.82) is 0 Å². The number of ether oxygens (including phenoxy) is 3. The van der Waals surface area contributed by atoms with E-state index < -0.39 is 17.9 Å². The van der Waals surface area contributed by atoms with Crippen LogP contribution in [-0.4, -0.2) is 45.6 Å². The summed E-state index contributed by atoms with van der Waals surface area (Å²) in [6.45, 7) is 0.444. The number of oxime groups is 1. The van der Waals surface area contributed by atoms with Gasteiger partial charge in [0, 0.05) is 12.0 Å². The Balaban J connectivity index is 2.61. The van der Waals surface area contributed by atoms with Crippen LogP contribution in [0.15, 0.2) is 23.4 Å². The van der Waals surface area contributed by atoms with E-state index in [4.69, 9.17) is 19.0 Å². The van der Waals surface area contributed by atoms with Crippen molar-refractivity contribution in [2.75, 3.05) is 27.9 Å². The Morgan fingerprint density at radius 1 is 1.18 bits per heavy atom. The van der Waals surface area contributed by atoms with Crippen LogP contribution in [0.25, 0.3) is 0 Å². The number of rotatable bonds is 4. The van der Waals surface area contributed by atoms with Crippen LogP contribution in [-0.2, 0) is 23.9 Å². The summed E-state index contributed by atoms with van der Waals surface area (Å²) < 4.78 is 15.0. The van der Waals surface area contributed by atoms with Crippen LogP contribution in [0.2, 0.25) is 0 Å². The summed E-state index contributed by atoms with van der Waals surface area (Å²) in [5.74, 6) is -2.07. The first-order chi connectivity index (χ1) is 10.6. The van der Waals surface area contributed by atoms with Crippen LogP contribution in [0.4, 0.5) is 0 Å². The highest BCUT2D eigenvalue weighted by atomic mass is 16.6. The number of benzene rings is 1. The molecule has 0 N–H and O–H groups in total. The van der Waals surface area contributed by atoms with Crippen molar-refractivity contribution >= 4 is 17.7 Å². The van der Waals surface area contributed by atoms with Gasteiger partial charge in [0.1, 0.15) is 12.9 Å². The van der Waals surface area contributed by atoms with Gasteiger partial charge in [-0.05, 0) is 11.6 Å². The molecule has 0 bridgehead atoms. The van der Waals surface area contributed by atoms with Gasteiger partial charge in [-0.15, -0.1) is 0 Å². The summed E-state index contributed by atoms with van der Waals surface area (Å²) in [6.07, 6.45) is 0.507. The van der Waals surface area contributed by atoms with Gasteiger partial charge in [-0.2, -0.15) is 0 Å². The van der Waals surface area contributed by atoms with Crippen LogP contribution < -0.4 is 4.74 Å². The second kappa shape index (κ2) is 6.93. The molecule has 2 rings (SSSR count). The monoisotopic (exact) mass is 307 g/mol. The predicted octanol–water partition coefficient (Wildman–Crippen LogP) is 1.25. The summed E-state index contributed by atoms with van der Waals surface area (Å²) in [6, 6.07) is 5.09. The number of hydrogen-bond acceptors (Lipinski definition) is 7. The van der Waals surface area contributed by atoms with Gasteiger partial charge in [-0.3, -0.25) is 9.59 Å². The molecule has 1 heterocycles. The van der Waals surface area contributed by atoms with Crippen molar-refractivity contribution in [3.05, 3.63) is 29.3 Å². The topological polar surface area (TPSA) is 83.4 Å². The molecule has 0 aliphatic carbocycles. The second-order valence-electron chi connectivity index (χ2n) is 4.52. The van der Waals surface area contributed by atoms with Crippen molar-refractivity contribution in [2.45, 2.75) is 12.3 Å². The molecule has 0 fully saturated rings. The lowest BCUT2D eigenvalue weighted by molar-refractivity contribution is -0.154. The second-order valence-corrected chi connectivity index (χ2v) is 4.52. The van der Waals surface area contributed by atoms with Crippen molar-refractivity contribution in [2.24, 2.45) is 5.16 Å². The van der Waals surface area contributed by atoms with Crippen molar-refractivity contribution < 1.29 is 28.6 Å². The van der Waals surface area contributed by atoms with Crippen LogP contribution in [0.3, 0.4) is 0 Å². The maximum absolute atomic E-state index is 12.0. The van der Waals surface area contributed by atoms with E-state index >= 15 is 0 Å². The Morgan fingerprint density at radius 3 is 2.45 bits per heavy atom. The maximum atomic E-state index is 12.0. The highest BCUT2D eigenvalue weighted by Crippen LogP contribution is 2.33. The van der Waals surface area contributed by atoms with E-state index in [-0.39, 0.29) is 0 Å². The van der Waals surface area contributed by atoms with Crippen molar-refractivity contribution in [3.63, 3.8) is 0 Å². The standard InChI is InChI=1S/C15H17NO6/c1-19-14(17)13(15(18)20-2)9-5-4-6-11-12(9)10(16-21-3)7-8-22-11/h4-6,13H,7-8H2,1-3H3/b16-10+. The van der Waals surface area contributed by atoms with Crippen LogP contribution >= 0.6 is 0 Å².